The van der Waals surface area contributed by atoms with Crippen LogP contribution in [0.25, 0.3) is 0 Å². The number of nitrogens with zero attached hydrogens (tertiary/aromatic N) is 1. The van der Waals surface area contributed by atoms with Crippen LogP contribution in [0.3, 0.4) is 0 Å². The zero-order valence-corrected chi connectivity index (χ0v) is 12.2. The highest BCUT2D eigenvalue weighted by Crippen LogP contribution is 2.15. The Morgan fingerprint density at radius 2 is 1.83 bits per heavy atom. The fourth-order valence-corrected chi connectivity index (χ4v) is 3.71. The first-order valence-electron chi connectivity index (χ1n) is 5.41. The summed E-state index contributed by atoms with van der Waals surface area (Å²) >= 11 is 0. The maximum absolute atomic E-state index is 11.9. The molecule has 0 aliphatic rings. The van der Waals surface area contributed by atoms with Crippen LogP contribution in [0.5, 0.6) is 0 Å². The van der Waals surface area contributed by atoms with E-state index in [4.69, 9.17) is 0 Å². The summed E-state index contributed by atoms with van der Waals surface area (Å²) in [4.78, 5) is 0.0800. The number of hydrogen-bond donors (Lipinski definition) is 2. The van der Waals surface area contributed by atoms with Gasteiger partial charge in [-0.3, -0.25) is 5.10 Å². The Kier molecular flexibility index (Phi) is 4.51. The van der Waals surface area contributed by atoms with Gasteiger partial charge < -0.3 is 0 Å². The summed E-state index contributed by atoms with van der Waals surface area (Å²) in [7, 11) is -6.90. The van der Waals surface area contributed by atoms with E-state index < -0.39 is 19.9 Å². The Morgan fingerprint density at radius 1 is 1.22 bits per heavy atom. The van der Waals surface area contributed by atoms with Crippen LogP contribution in [0.4, 0.5) is 0 Å². The molecule has 0 spiro atoms. The van der Waals surface area contributed by atoms with Gasteiger partial charge in [0.15, 0.2) is 9.84 Å². The van der Waals surface area contributed by atoms with Crippen molar-refractivity contribution in [1.29, 1.82) is 0 Å². The molecule has 104 valence electrons. The van der Waals surface area contributed by atoms with Crippen molar-refractivity contribution in [2.45, 2.75) is 25.7 Å². The van der Waals surface area contributed by atoms with E-state index in [0.29, 0.717) is 11.4 Å². The third-order valence-electron chi connectivity index (χ3n) is 2.47. The monoisotopic (exact) mass is 295 g/mol. The van der Waals surface area contributed by atoms with Crippen molar-refractivity contribution in [3.8, 4) is 0 Å². The zero-order chi connectivity index (χ0) is 14.0. The number of aromatic amines is 1. The van der Waals surface area contributed by atoms with Crippen LogP contribution in [0.2, 0.25) is 0 Å². The molecule has 0 fully saturated rings. The fourth-order valence-electron chi connectivity index (χ4n) is 1.48. The molecule has 0 unspecified atom stereocenters. The first-order valence-corrected chi connectivity index (χ1v) is 8.71. The molecule has 9 heteroatoms. The van der Waals surface area contributed by atoms with Crippen molar-refractivity contribution in [3.63, 3.8) is 0 Å². The van der Waals surface area contributed by atoms with Gasteiger partial charge in [-0.2, -0.15) is 5.10 Å². The van der Waals surface area contributed by atoms with Gasteiger partial charge in [0, 0.05) is 12.3 Å². The largest absolute Gasteiger partial charge is 0.281 e. The molecule has 0 aliphatic heterocycles. The highest BCUT2D eigenvalue weighted by atomic mass is 32.2. The van der Waals surface area contributed by atoms with Crippen molar-refractivity contribution in [1.82, 2.24) is 14.9 Å². The molecule has 0 amide bonds. The highest BCUT2D eigenvalue weighted by Gasteiger charge is 2.22. The number of aryl methyl sites for hydroxylation is 2. The third-order valence-corrected chi connectivity index (χ3v) is 5.90. The van der Waals surface area contributed by atoms with Gasteiger partial charge in [-0.1, -0.05) is 6.92 Å². The number of H-pyrrole nitrogens is 1. The van der Waals surface area contributed by atoms with Crippen molar-refractivity contribution in [3.05, 3.63) is 11.4 Å². The molecule has 0 saturated carbocycles. The van der Waals surface area contributed by atoms with Crippen LogP contribution in [0, 0.1) is 13.8 Å². The molecule has 2 N–H and O–H groups in total. The number of nitrogens with one attached hydrogen (secondary N) is 2. The molecule has 0 aromatic carbocycles. The number of hydrogen-bond acceptors (Lipinski definition) is 5. The first kappa shape index (κ1) is 15.1. The highest BCUT2D eigenvalue weighted by molar-refractivity contribution is 7.91. The summed E-state index contributed by atoms with van der Waals surface area (Å²) in [6.45, 7) is 4.55. The lowest BCUT2D eigenvalue weighted by Gasteiger charge is -2.06. The predicted molar refractivity (Wildman–Crippen MR) is 67.6 cm³/mol. The maximum atomic E-state index is 11.9. The molecule has 0 bridgehead atoms. The molecule has 1 heterocycles. The normalized spacial score (nSPS) is 12.8. The average Bonchev–Trinajstić information content (AvgIpc) is 2.58. The van der Waals surface area contributed by atoms with E-state index in [2.05, 4.69) is 14.9 Å². The number of aromatic nitrogens is 2. The molecule has 0 aliphatic carbocycles. The predicted octanol–water partition coefficient (Wildman–Crippen LogP) is -0.260. The van der Waals surface area contributed by atoms with Gasteiger partial charge in [0.25, 0.3) is 0 Å². The van der Waals surface area contributed by atoms with Crippen LogP contribution in [-0.2, 0) is 19.9 Å². The minimum atomic E-state index is -3.72. The molecule has 1 aromatic heterocycles. The molecule has 0 atom stereocenters. The summed E-state index contributed by atoms with van der Waals surface area (Å²) in [5.41, 5.74) is 0.789. The van der Waals surface area contributed by atoms with Crippen LogP contribution >= 0.6 is 0 Å². The second-order valence-electron chi connectivity index (χ2n) is 3.90. The second-order valence-corrected chi connectivity index (χ2v) is 8.07. The number of sulfonamides is 1. The Balaban J connectivity index is 2.79. The van der Waals surface area contributed by atoms with E-state index in [-0.39, 0.29) is 22.9 Å². The molecule has 7 nitrogen and oxygen atoms in total. The van der Waals surface area contributed by atoms with E-state index in [0.717, 1.165) is 0 Å². The summed E-state index contributed by atoms with van der Waals surface area (Å²) in [6, 6.07) is 0. The van der Waals surface area contributed by atoms with Crippen LogP contribution in [0.1, 0.15) is 18.3 Å². The Hall–Kier alpha value is -0.930. The lowest BCUT2D eigenvalue weighted by molar-refractivity contribution is 0.580. The Bertz CT molecular complexity index is 597. The quantitative estimate of drug-likeness (QED) is 0.751. The number of sulfone groups is 1. The smallest absolute Gasteiger partial charge is 0.244 e. The minimum absolute atomic E-state index is 0.00149. The first-order chi connectivity index (χ1) is 8.19. The van der Waals surface area contributed by atoms with Crippen LogP contribution in [0.15, 0.2) is 4.90 Å². The second kappa shape index (κ2) is 5.37. The van der Waals surface area contributed by atoms with Crippen molar-refractivity contribution < 1.29 is 16.8 Å². The van der Waals surface area contributed by atoms with Crippen molar-refractivity contribution in [2.24, 2.45) is 0 Å². The van der Waals surface area contributed by atoms with Gasteiger partial charge in [0.2, 0.25) is 10.0 Å². The van der Waals surface area contributed by atoms with E-state index in [1.807, 2.05) is 0 Å². The summed E-state index contributed by atoms with van der Waals surface area (Å²) in [5, 5.41) is 6.37. The molecule has 0 saturated heterocycles. The lowest BCUT2D eigenvalue weighted by Crippen LogP contribution is -2.30. The standard InChI is InChI=1S/C9H17N3O4S2/c1-4-17(13,14)6-5-10-18(15,16)9-7(2)11-12-8(9)3/h10H,4-6H2,1-3H3,(H,11,12). The molecule has 1 rings (SSSR count). The van der Waals surface area contributed by atoms with Gasteiger partial charge in [0.1, 0.15) is 4.90 Å². The topological polar surface area (TPSA) is 109 Å². The molecule has 0 radical (unpaired) electrons. The Morgan fingerprint density at radius 3 is 2.28 bits per heavy atom. The van der Waals surface area contributed by atoms with Gasteiger partial charge >= 0.3 is 0 Å². The summed E-state index contributed by atoms with van der Waals surface area (Å²) < 4.78 is 48.7. The minimum Gasteiger partial charge on any atom is -0.281 e. The molecule has 1 aromatic rings. The van der Waals surface area contributed by atoms with Crippen LogP contribution < -0.4 is 4.72 Å². The van der Waals surface area contributed by atoms with E-state index in [1.165, 1.54) is 6.92 Å². The van der Waals surface area contributed by atoms with E-state index in [1.54, 1.807) is 13.8 Å². The van der Waals surface area contributed by atoms with E-state index in [9.17, 15) is 16.8 Å². The van der Waals surface area contributed by atoms with Crippen molar-refractivity contribution in [2.75, 3.05) is 18.1 Å². The van der Waals surface area contributed by atoms with Gasteiger partial charge in [0.05, 0.1) is 17.1 Å². The number of rotatable bonds is 6. The third kappa shape index (κ3) is 3.53. The molecular formula is C9H17N3O4S2. The summed E-state index contributed by atoms with van der Waals surface area (Å²) in [6.07, 6.45) is 0. The fraction of sp³-hybridized carbons (Fsp3) is 0.667. The molecular weight excluding hydrogens is 278 g/mol. The molecule has 18 heavy (non-hydrogen) atoms. The Labute approximate surface area is 107 Å². The zero-order valence-electron chi connectivity index (χ0n) is 10.5. The summed E-state index contributed by atoms with van der Waals surface area (Å²) in [5.74, 6) is -0.211. The van der Waals surface area contributed by atoms with Gasteiger partial charge in [-0.25, -0.2) is 21.6 Å². The maximum Gasteiger partial charge on any atom is 0.244 e. The van der Waals surface area contributed by atoms with Gasteiger partial charge in [-0.05, 0) is 13.8 Å². The van der Waals surface area contributed by atoms with E-state index >= 15 is 0 Å². The van der Waals surface area contributed by atoms with Gasteiger partial charge in [-0.15, -0.1) is 0 Å². The lowest BCUT2D eigenvalue weighted by atomic mass is 10.4. The SMILES string of the molecule is CCS(=O)(=O)CCNS(=O)(=O)c1c(C)n[nH]c1C. The van der Waals surface area contributed by atoms with Crippen molar-refractivity contribution >= 4 is 19.9 Å². The average molecular weight is 295 g/mol. The van der Waals surface area contributed by atoms with Crippen LogP contribution in [-0.4, -0.2) is 45.1 Å².